The van der Waals surface area contributed by atoms with E-state index in [0.717, 1.165) is 8.95 Å². The van der Waals surface area contributed by atoms with Gasteiger partial charge in [-0.25, -0.2) is 0 Å². The van der Waals surface area contributed by atoms with Crippen molar-refractivity contribution in [1.82, 2.24) is 0 Å². The highest BCUT2D eigenvalue weighted by Crippen LogP contribution is 2.55. The fourth-order valence-corrected chi connectivity index (χ4v) is 9.71. The average molecular weight is 723 g/mol. The van der Waals surface area contributed by atoms with Gasteiger partial charge in [0.2, 0.25) is 0 Å². The topological polar surface area (TPSA) is 0 Å². The Bertz CT molecular complexity index is 2350. The molecule has 224 valence electrons. The number of rotatable bonds is 2. The Hall–Kier alpha value is -3.72. The number of hydrogen-bond donors (Lipinski definition) is 0. The molecular formula is C44H34Br2. The van der Waals surface area contributed by atoms with Crippen LogP contribution in [-0.4, -0.2) is 0 Å². The van der Waals surface area contributed by atoms with Crippen LogP contribution in [-0.2, 0) is 10.8 Å². The van der Waals surface area contributed by atoms with Crippen molar-refractivity contribution in [2.75, 3.05) is 0 Å². The van der Waals surface area contributed by atoms with Crippen molar-refractivity contribution in [3.8, 4) is 33.4 Å². The summed E-state index contributed by atoms with van der Waals surface area (Å²) >= 11 is 7.71. The van der Waals surface area contributed by atoms with E-state index in [1.165, 1.54) is 77.2 Å². The molecule has 0 saturated heterocycles. The third-order valence-corrected chi connectivity index (χ3v) is 12.3. The molecule has 6 aromatic carbocycles. The average Bonchev–Trinajstić information content (AvgIpc) is 3.43. The minimum Gasteiger partial charge on any atom is -0.0796 e. The van der Waals surface area contributed by atoms with Crippen LogP contribution >= 0.6 is 31.9 Å². The molecule has 3 aliphatic carbocycles. The Labute approximate surface area is 288 Å². The highest BCUT2D eigenvalue weighted by molar-refractivity contribution is 9.10. The second kappa shape index (κ2) is 9.89. The van der Waals surface area contributed by atoms with Gasteiger partial charge in [-0.1, -0.05) is 151 Å². The molecule has 0 fully saturated rings. The molecule has 2 heteroatoms. The highest BCUT2D eigenvalue weighted by Gasteiger charge is 2.44. The zero-order valence-corrected chi connectivity index (χ0v) is 29.6. The first-order chi connectivity index (χ1) is 22.1. The van der Waals surface area contributed by atoms with Crippen LogP contribution in [0.4, 0.5) is 0 Å². The van der Waals surface area contributed by atoms with Crippen molar-refractivity contribution in [3.63, 3.8) is 0 Å². The summed E-state index contributed by atoms with van der Waals surface area (Å²) in [4.78, 5) is 0. The predicted molar refractivity (Wildman–Crippen MR) is 203 cm³/mol. The van der Waals surface area contributed by atoms with E-state index < -0.39 is 0 Å². The Balaban J connectivity index is 1.33. The molecule has 0 bridgehead atoms. The molecular weight excluding hydrogens is 688 g/mol. The molecule has 0 heterocycles. The van der Waals surface area contributed by atoms with Crippen LogP contribution in [0.25, 0.3) is 54.9 Å². The summed E-state index contributed by atoms with van der Waals surface area (Å²) in [6.07, 6.45) is 9.25. The van der Waals surface area contributed by atoms with Crippen molar-refractivity contribution < 1.29 is 0 Å². The Morgan fingerprint density at radius 1 is 0.522 bits per heavy atom. The maximum absolute atomic E-state index is 3.85. The Morgan fingerprint density at radius 2 is 1.11 bits per heavy atom. The number of halogens is 2. The summed E-state index contributed by atoms with van der Waals surface area (Å²) in [6.45, 7) is 9.58. The summed E-state index contributed by atoms with van der Waals surface area (Å²) in [5.74, 6) is 0.930. The lowest BCUT2D eigenvalue weighted by molar-refractivity contribution is 0.394. The van der Waals surface area contributed by atoms with Gasteiger partial charge in [-0.2, -0.15) is 0 Å². The molecule has 2 atom stereocenters. The third kappa shape index (κ3) is 3.90. The van der Waals surface area contributed by atoms with Gasteiger partial charge in [-0.15, -0.1) is 0 Å². The van der Waals surface area contributed by atoms with Crippen LogP contribution in [0.2, 0.25) is 0 Å². The monoisotopic (exact) mass is 720 g/mol. The van der Waals surface area contributed by atoms with E-state index >= 15 is 0 Å². The third-order valence-electron chi connectivity index (χ3n) is 11.3. The van der Waals surface area contributed by atoms with E-state index in [0.29, 0.717) is 11.8 Å². The van der Waals surface area contributed by atoms with Gasteiger partial charge < -0.3 is 0 Å². The molecule has 0 aliphatic heterocycles. The number of fused-ring (bicyclic) bond motifs is 8. The van der Waals surface area contributed by atoms with E-state index in [-0.39, 0.29) is 10.8 Å². The highest BCUT2D eigenvalue weighted by atomic mass is 79.9. The lowest BCUT2D eigenvalue weighted by Crippen LogP contribution is -2.24. The van der Waals surface area contributed by atoms with Gasteiger partial charge in [0.15, 0.2) is 0 Å². The SMILES string of the molecule is CC1(C)c2ccccc2-c2ccc(-c3c4ccc(Br)cc4c(-c4ccc5c(c4)C(C)(C)C4C=CC=CC54)c4ccc(Br)cc34)cc21. The van der Waals surface area contributed by atoms with Crippen LogP contribution in [0.1, 0.15) is 55.9 Å². The normalized spacial score (nSPS) is 19.7. The fourth-order valence-electron chi connectivity index (χ4n) is 8.99. The van der Waals surface area contributed by atoms with E-state index in [1.54, 1.807) is 0 Å². The zero-order valence-electron chi connectivity index (χ0n) is 26.5. The van der Waals surface area contributed by atoms with Crippen LogP contribution in [0.15, 0.2) is 130 Å². The van der Waals surface area contributed by atoms with Gasteiger partial charge in [0, 0.05) is 20.3 Å². The maximum atomic E-state index is 3.85. The van der Waals surface area contributed by atoms with Crippen LogP contribution in [0.5, 0.6) is 0 Å². The lowest BCUT2D eigenvalue weighted by Gasteiger charge is -2.29. The quantitative estimate of drug-likeness (QED) is 0.156. The molecule has 6 aromatic rings. The Morgan fingerprint density at radius 3 is 1.80 bits per heavy atom. The molecule has 0 N–H and O–H groups in total. The molecule has 2 unspecified atom stereocenters. The van der Waals surface area contributed by atoms with Gasteiger partial charge in [-0.05, 0) is 119 Å². The summed E-state index contributed by atoms with van der Waals surface area (Å²) in [6, 6.07) is 37.0. The van der Waals surface area contributed by atoms with Crippen LogP contribution < -0.4 is 0 Å². The summed E-state index contributed by atoms with van der Waals surface area (Å²) in [5.41, 5.74) is 13.6. The van der Waals surface area contributed by atoms with Gasteiger partial charge in [0.25, 0.3) is 0 Å². The minimum atomic E-state index is -0.0597. The molecule has 0 spiro atoms. The molecule has 0 nitrogen and oxygen atoms in total. The van der Waals surface area contributed by atoms with E-state index in [1.807, 2.05) is 0 Å². The summed E-state index contributed by atoms with van der Waals surface area (Å²) in [7, 11) is 0. The van der Waals surface area contributed by atoms with Gasteiger partial charge in [0.1, 0.15) is 0 Å². The van der Waals surface area contributed by atoms with Crippen molar-refractivity contribution in [3.05, 3.63) is 153 Å². The van der Waals surface area contributed by atoms with Crippen molar-refractivity contribution in [2.45, 2.75) is 44.4 Å². The van der Waals surface area contributed by atoms with Gasteiger partial charge in [0.05, 0.1) is 0 Å². The standard InChI is InChI=1S/C44H34Br2/c1-43(2)37-11-7-5-9-29(37)31-17-13-25(21-39(31)43)41-33-19-15-28(46)24-36(33)42(34-20-16-27(45)23-35(34)41)26-14-18-32-30-10-6-8-12-38(30)44(3,4)40(32)22-26/h5-24,29,37H,1-4H3. The Kier molecular flexibility index (Phi) is 6.13. The summed E-state index contributed by atoms with van der Waals surface area (Å²) < 4.78 is 2.19. The largest absolute Gasteiger partial charge is 0.0796 e. The molecule has 46 heavy (non-hydrogen) atoms. The van der Waals surface area contributed by atoms with E-state index in [2.05, 4.69) is 181 Å². The lowest BCUT2D eigenvalue weighted by atomic mass is 9.74. The zero-order chi connectivity index (χ0) is 31.5. The smallest absolute Gasteiger partial charge is 0.0181 e. The minimum absolute atomic E-state index is 0.0568. The van der Waals surface area contributed by atoms with E-state index in [9.17, 15) is 0 Å². The molecule has 9 rings (SSSR count). The van der Waals surface area contributed by atoms with Gasteiger partial charge in [-0.3, -0.25) is 0 Å². The fraction of sp³-hybridized carbons (Fsp3) is 0.182. The van der Waals surface area contributed by atoms with E-state index in [4.69, 9.17) is 0 Å². The molecule has 0 amide bonds. The molecule has 0 aromatic heterocycles. The molecule has 3 aliphatic rings. The maximum Gasteiger partial charge on any atom is 0.0181 e. The van der Waals surface area contributed by atoms with Crippen LogP contribution in [0, 0.1) is 5.92 Å². The molecule has 0 saturated carbocycles. The van der Waals surface area contributed by atoms with Crippen molar-refractivity contribution >= 4 is 53.4 Å². The molecule has 0 radical (unpaired) electrons. The van der Waals surface area contributed by atoms with Crippen molar-refractivity contribution in [1.29, 1.82) is 0 Å². The first-order valence-electron chi connectivity index (χ1n) is 16.2. The number of allylic oxidation sites excluding steroid dienone is 4. The second-order valence-corrected chi connectivity index (χ2v) is 16.2. The van der Waals surface area contributed by atoms with Crippen molar-refractivity contribution in [2.24, 2.45) is 5.92 Å². The van der Waals surface area contributed by atoms with Crippen LogP contribution in [0.3, 0.4) is 0 Å². The number of hydrogen-bond acceptors (Lipinski definition) is 0. The number of benzene rings is 6. The first kappa shape index (κ1) is 28.5. The summed E-state index contributed by atoms with van der Waals surface area (Å²) in [5, 5.41) is 5.10. The first-order valence-corrected chi connectivity index (χ1v) is 17.8. The predicted octanol–water partition coefficient (Wildman–Crippen LogP) is 13.3. The van der Waals surface area contributed by atoms with Gasteiger partial charge >= 0.3 is 0 Å². The second-order valence-electron chi connectivity index (χ2n) is 14.4.